The topological polar surface area (TPSA) is 70.2 Å². The average Bonchev–Trinajstić information content (AvgIpc) is 2.81. The van der Waals surface area contributed by atoms with E-state index in [4.69, 9.17) is 9.47 Å². The molecule has 168 valence electrons. The molecule has 0 spiro atoms. The quantitative estimate of drug-likeness (QED) is 0.695. The second kappa shape index (κ2) is 10.2. The predicted molar refractivity (Wildman–Crippen MR) is 125 cm³/mol. The predicted octanol–water partition coefficient (Wildman–Crippen LogP) is 2.95. The van der Waals surface area contributed by atoms with Crippen LogP contribution in [-0.2, 0) is 0 Å². The van der Waals surface area contributed by atoms with Gasteiger partial charge in [-0.1, -0.05) is 6.92 Å². The second-order valence-corrected chi connectivity index (χ2v) is 7.70. The standard InChI is InChI=1S/C23H33N5O3/c1-6-10-24-18-9-11-25-22(21(18)23(29)26(2)3)28-14-12-27(13-15-28)19-8-7-17(30-4)16-20(19)31-5/h7-9,11,16H,6,10,12-15H2,1-5H3,(H,24,25). The highest BCUT2D eigenvalue weighted by Gasteiger charge is 2.27. The van der Waals surface area contributed by atoms with E-state index in [1.807, 2.05) is 24.3 Å². The summed E-state index contributed by atoms with van der Waals surface area (Å²) in [6, 6.07) is 7.76. The third kappa shape index (κ3) is 4.95. The molecule has 0 unspecified atom stereocenters. The lowest BCUT2D eigenvalue weighted by molar-refractivity contribution is 0.0828. The molecule has 1 amide bonds. The summed E-state index contributed by atoms with van der Waals surface area (Å²) in [6.07, 6.45) is 2.76. The normalized spacial score (nSPS) is 13.7. The van der Waals surface area contributed by atoms with E-state index in [1.54, 1.807) is 39.4 Å². The number of methoxy groups -OCH3 is 2. The van der Waals surface area contributed by atoms with Crippen LogP contribution in [0.5, 0.6) is 11.5 Å². The lowest BCUT2D eigenvalue weighted by atomic mass is 10.1. The van der Waals surface area contributed by atoms with Crippen molar-refractivity contribution >= 4 is 23.1 Å². The van der Waals surface area contributed by atoms with E-state index in [1.165, 1.54) is 0 Å². The Morgan fingerprint density at radius 1 is 1.10 bits per heavy atom. The number of nitrogens with zero attached hydrogens (tertiary/aromatic N) is 4. The minimum atomic E-state index is -0.0408. The van der Waals surface area contributed by atoms with Crippen LogP contribution in [0.4, 0.5) is 17.2 Å². The number of carbonyl (C=O) groups is 1. The van der Waals surface area contributed by atoms with Crippen LogP contribution >= 0.6 is 0 Å². The first kappa shape index (κ1) is 22.5. The average molecular weight is 428 g/mol. The molecule has 8 nitrogen and oxygen atoms in total. The molecule has 1 aromatic carbocycles. The number of carbonyl (C=O) groups excluding carboxylic acids is 1. The number of ether oxygens (including phenoxy) is 2. The van der Waals surface area contributed by atoms with E-state index in [0.29, 0.717) is 5.56 Å². The van der Waals surface area contributed by atoms with Gasteiger partial charge in [0.25, 0.3) is 5.91 Å². The van der Waals surface area contributed by atoms with Gasteiger partial charge in [0.05, 0.1) is 25.6 Å². The molecule has 1 N–H and O–H groups in total. The van der Waals surface area contributed by atoms with Crippen LogP contribution < -0.4 is 24.6 Å². The molecule has 1 aromatic heterocycles. The molecule has 1 aliphatic rings. The summed E-state index contributed by atoms with van der Waals surface area (Å²) in [4.78, 5) is 23.7. The van der Waals surface area contributed by atoms with Crippen molar-refractivity contribution in [2.24, 2.45) is 0 Å². The van der Waals surface area contributed by atoms with Crippen molar-refractivity contribution < 1.29 is 14.3 Å². The number of benzene rings is 1. The zero-order valence-corrected chi connectivity index (χ0v) is 19.1. The van der Waals surface area contributed by atoms with Gasteiger partial charge in [-0.25, -0.2) is 4.98 Å². The Labute approximate surface area is 184 Å². The summed E-state index contributed by atoms with van der Waals surface area (Å²) in [6.45, 7) is 6.02. The molecule has 0 aliphatic carbocycles. The molecule has 8 heteroatoms. The number of nitrogens with one attached hydrogen (secondary N) is 1. The van der Waals surface area contributed by atoms with E-state index in [-0.39, 0.29) is 5.91 Å². The Balaban J connectivity index is 1.83. The first-order valence-electron chi connectivity index (χ1n) is 10.7. The lowest BCUT2D eigenvalue weighted by Crippen LogP contribution is -2.47. The summed E-state index contributed by atoms with van der Waals surface area (Å²) in [7, 11) is 6.87. The molecule has 0 saturated carbocycles. The van der Waals surface area contributed by atoms with Crippen molar-refractivity contribution in [2.45, 2.75) is 13.3 Å². The first-order chi connectivity index (χ1) is 15.0. The van der Waals surface area contributed by atoms with Gasteiger partial charge in [0.1, 0.15) is 22.9 Å². The van der Waals surface area contributed by atoms with Gasteiger partial charge < -0.3 is 29.5 Å². The molecule has 31 heavy (non-hydrogen) atoms. The van der Waals surface area contributed by atoms with Crippen molar-refractivity contribution in [3.63, 3.8) is 0 Å². The largest absolute Gasteiger partial charge is 0.497 e. The van der Waals surface area contributed by atoms with Crippen molar-refractivity contribution in [1.82, 2.24) is 9.88 Å². The van der Waals surface area contributed by atoms with Gasteiger partial charge in [0.15, 0.2) is 0 Å². The summed E-state index contributed by atoms with van der Waals surface area (Å²) >= 11 is 0. The molecule has 2 heterocycles. The SMILES string of the molecule is CCCNc1ccnc(N2CCN(c3ccc(OC)cc3OC)CC2)c1C(=O)N(C)C. The molecule has 0 atom stereocenters. The number of pyridine rings is 1. The van der Waals surface area contributed by atoms with Crippen LogP contribution in [0.25, 0.3) is 0 Å². The van der Waals surface area contributed by atoms with Crippen LogP contribution in [0.3, 0.4) is 0 Å². The molecule has 1 aliphatic heterocycles. The fraction of sp³-hybridized carbons (Fsp3) is 0.478. The maximum atomic E-state index is 13.0. The Kier molecular flexibility index (Phi) is 7.44. The second-order valence-electron chi connectivity index (χ2n) is 7.70. The summed E-state index contributed by atoms with van der Waals surface area (Å²) in [5.41, 5.74) is 2.51. The van der Waals surface area contributed by atoms with Gasteiger partial charge in [-0.3, -0.25) is 4.79 Å². The molecule has 3 rings (SSSR count). The Morgan fingerprint density at radius 3 is 2.42 bits per heavy atom. The minimum absolute atomic E-state index is 0.0408. The van der Waals surface area contributed by atoms with Crippen molar-refractivity contribution in [1.29, 1.82) is 0 Å². The number of hydrogen-bond donors (Lipinski definition) is 1. The van der Waals surface area contributed by atoms with Crippen LogP contribution in [0.2, 0.25) is 0 Å². The van der Waals surface area contributed by atoms with Gasteiger partial charge in [-0.15, -0.1) is 0 Å². The summed E-state index contributed by atoms with van der Waals surface area (Å²) < 4.78 is 10.9. The van der Waals surface area contributed by atoms with Gasteiger partial charge in [0, 0.05) is 59.1 Å². The Bertz CT molecular complexity index is 895. The van der Waals surface area contributed by atoms with E-state index in [0.717, 1.165) is 67.8 Å². The van der Waals surface area contributed by atoms with Crippen LogP contribution in [0, 0.1) is 0 Å². The van der Waals surface area contributed by atoms with Crippen molar-refractivity contribution in [3.8, 4) is 11.5 Å². The third-order valence-electron chi connectivity index (χ3n) is 5.42. The lowest BCUT2D eigenvalue weighted by Gasteiger charge is -2.38. The number of rotatable bonds is 8. The van der Waals surface area contributed by atoms with Crippen LogP contribution in [0.15, 0.2) is 30.5 Å². The van der Waals surface area contributed by atoms with E-state index in [2.05, 4.69) is 27.0 Å². The van der Waals surface area contributed by atoms with Crippen molar-refractivity contribution in [2.75, 3.05) is 76.2 Å². The monoisotopic (exact) mass is 427 g/mol. The molecule has 1 fully saturated rings. The highest BCUT2D eigenvalue weighted by Crippen LogP contribution is 2.34. The van der Waals surface area contributed by atoms with Gasteiger partial charge in [0.2, 0.25) is 0 Å². The molecular formula is C23H33N5O3. The summed E-state index contributed by atoms with van der Waals surface area (Å²) in [5, 5.41) is 3.39. The number of hydrogen-bond acceptors (Lipinski definition) is 7. The number of anilines is 3. The maximum Gasteiger partial charge on any atom is 0.259 e. The highest BCUT2D eigenvalue weighted by atomic mass is 16.5. The van der Waals surface area contributed by atoms with Gasteiger partial charge in [-0.2, -0.15) is 0 Å². The highest BCUT2D eigenvalue weighted by molar-refractivity contribution is 6.04. The maximum absolute atomic E-state index is 13.0. The van der Waals surface area contributed by atoms with Gasteiger partial charge in [-0.05, 0) is 24.6 Å². The fourth-order valence-electron chi connectivity index (χ4n) is 3.74. The smallest absolute Gasteiger partial charge is 0.259 e. The van der Waals surface area contributed by atoms with E-state index in [9.17, 15) is 4.79 Å². The summed E-state index contributed by atoms with van der Waals surface area (Å²) in [5.74, 6) is 2.26. The third-order valence-corrected chi connectivity index (χ3v) is 5.42. The van der Waals surface area contributed by atoms with Crippen LogP contribution in [0.1, 0.15) is 23.7 Å². The van der Waals surface area contributed by atoms with E-state index >= 15 is 0 Å². The molecular weight excluding hydrogens is 394 g/mol. The van der Waals surface area contributed by atoms with Crippen molar-refractivity contribution in [3.05, 3.63) is 36.0 Å². The molecule has 2 aromatic rings. The minimum Gasteiger partial charge on any atom is -0.497 e. The molecule has 0 bridgehead atoms. The molecule has 0 radical (unpaired) electrons. The fourth-order valence-corrected chi connectivity index (χ4v) is 3.74. The van der Waals surface area contributed by atoms with E-state index < -0.39 is 0 Å². The zero-order chi connectivity index (χ0) is 22.4. The Hall–Kier alpha value is -3.16. The number of aromatic nitrogens is 1. The number of amides is 1. The Morgan fingerprint density at radius 2 is 1.81 bits per heavy atom. The zero-order valence-electron chi connectivity index (χ0n) is 19.1. The first-order valence-corrected chi connectivity index (χ1v) is 10.7. The van der Waals surface area contributed by atoms with Crippen LogP contribution in [-0.4, -0.2) is 76.8 Å². The number of piperazine rings is 1. The molecule has 1 saturated heterocycles. The van der Waals surface area contributed by atoms with Gasteiger partial charge >= 0.3 is 0 Å².